The van der Waals surface area contributed by atoms with E-state index in [2.05, 4.69) is 15.5 Å². The number of benzene rings is 2. The Morgan fingerprint density at radius 3 is 2.62 bits per heavy atom. The number of nitrogens with one attached hydrogen (secondary N) is 2. The monoisotopic (exact) mass is 325 g/mol. The van der Waals surface area contributed by atoms with Gasteiger partial charge in [0.05, 0.1) is 11.8 Å². The second kappa shape index (κ2) is 7.06. The Balaban J connectivity index is 1.64. The molecule has 1 aromatic heterocycles. The van der Waals surface area contributed by atoms with Crippen LogP contribution in [0.25, 0.3) is 11.3 Å². The van der Waals surface area contributed by atoms with Gasteiger partial charge in [0.15, 0.2) is 0 Å². The summed E-state index contributed by atoms with van der Waals surface area (Å²) in [5.74, 6) is -0.924. The van der Waals surface area contributed by atoms with Crippen molar-refractivity contribution in [2.24, 2.45) is 0 Å². The molecule has 1 amide bonds. The maximum Gasteiger partial charge on any atom is 0.269 e. The molecule has 0 bridgehead atoms. The predicted molar refractivity (Wildman–Crippen MR) is 87.7 cm³/mol. The lowest BCUT2D eigenvalue weighted by molar-refractivity contribution is 0.0909. The van der Waals surface area contributed by atoms with E-state index in [-0.39, 0.29) is 17.8 Å². The number of hydrogen-bond acceptors (Lipinski definition) is 3. The number of aromatic nitrogens is 2. The number of nitrogens with zero attached hydrogens (tertiary/aromatic N) is 1. The number of halogens is 1. The normalized spacial score (nSPS) is 11.9. The first kappa shape index (κ1) is 15.9. The van der Waals surface area contributed by atoms with Crippen LogP contribution in [0.1, 0.15) is 22.2 Å². The van der Waals surface area contributed by atoms with Gasteiger partial charge in [-0.25, -0.2) is 4.39 Å². The molecule has 0 aliphatic heterocycles. The molecule has 0 saturated heterocycles. The van der Waals surface area contributed by atoms with Gasteiger partial charge in [0, 0.05) is 17.7 Å². The number of amides is 1. The number of carbonyl (C=O) groups is 1. The average molecular weight is 325 g/mol. The van der Waals surface area contributed by atoms with Crippen molar-refractivity contribution < 1.29 is 14.3 Å². The van der Waals surface area contributed by atoms with Gasteiger partial charge in [-0.3, -0.25) is 9.89 Å². The summed E-state index contributed by atoms with van der Waals surface area (Å²) in [7, 11) is 0. The predicted octanol–water partition coefficient (Wildman–Crippen LogP) is 2.68. The number of aliphatic hydroxyl groups is 1. The highest BCUT2D eigenvalue weighted by atomic mass is 19.1. The summed E-state index contributed by atoms with van der Waals surface area (Å²) in [5.41, 5.74) is 1.96. The molecule has 3 N–H and O–H groups in total. The number of rotatable bonds is 5. The molecule has 0 radical (unpaired) electrons. The van der Waals surface area contributed by atoms with Crippen LogP contribution in [-0.2, 0) is 0 Å². The van der Waals surface area contributed by atoms with Crippen molar-refractivity contribution in [1.29, 1.82) is 0 Å². The van der Waals surface area contributed by atoms with Crippen LogP contribution in [0.15, 0.2) is 60.7 Å². The number of carbonyl (C=O) groups excluding carboxylic acids is 1. The lowest BCUT2D eigenvalue weighted by Crippen LogP contribution is -2.29. The van der Waals surface area contributed by atoms with E-state index < -0.39 is 17.8 Å². The first-order valence-electron chi connectivity index (χ1n) is 7.46. The second-order valence-electron chi connectivity index (χ2n) is 5.28. The van der Waals surface area contributed by atoms with Crippen LogP contribution in [0.3, 0.4) is 0 Å². The van der Waals surface area contributed by atoms with E-state index in [4.69, 9.17) is 0 Å². The van der Waals surface area contributed by atoms with Gasteiger partial charge in [-0.15, -0.1) is 0 Å². The van der Waals surface area contributed by atoms with Crippen LogP contribution < -0.4 is 5.32 Å². The average Bonchev–Trinajstić information content (AvgIpc) is 3.11. The molecule has 0 fully saturated rings. The van der Waals surface area contributed by atoms with E-state index in [0.29, 0.717) is 5.69 Å². The van der Waals surface area contributed by atoms with Gasteiger partial charge in [0.2, 0.25) is 0 Å². The zero-order chi connectivity index (χ0) is 16.9. The minimum Gasteiger partial charge on any atom is -0.386 e. The highest BCUT2D eigenvalue weighted by Gasteiger charge is 2.15. The van der Waals surface area contributed by atoms with Gasteiger partial charge in [-0.05, 0) is 12.1 Å². The van der Waals surface area contributed by atoms with Gasteiger partial charge in [0.1, 0.15) is 11.5 Å². The number of H-pyrrole nitrogens is 1. The van der Waals surface area contributed by atoms with E-state index in [1.54, 1.807) is 18.2 Å². The van der Waals surface area contributed by atoms with Crippen LogP contribution in [-0.4, -0.2) is 27.8 Å². The van der Waals surface area contributed by atoms with Crippen molar-refractivity contribution in [1.82, 2.24) is 15.5 Å². The maximum absolute atomic E-state index is 13.6. The Morgan fingerprint density at radius 2 is 1.88 bits per heavy atom. The van der Waals surface area contributed by atoms with Crippen LogP contribution in [0.2, 0.25) is 0 Å². The molecule has 6 heteroatoms. The van der Waals surface area contributed by atoms with Gasteiger partial charge < -0.3 is 10.4 Å². The Morgan fingerprint density at radius 1 is 1.17 bits per heavy atom. The fourth-order valence-corrected chi connectivity index (χ4v) is 2.33. The summed E-state index contributed by atoms with van der Waals surface area (Å²) in [4.78, 5) is 12.1. The van der Waals surface area contributed by atoms with Crippen molar-refractivity contribution in [3.05, 3.63) is 77.7 Å². The lowest BCUT2D eigenvalue weighted by atomic mass is 10.1. The Hall–Kier alpha value is -2.99. The zero-order valence-electron chi connectivity index (χ0n) is 12.7. The van der Waals surface area contributed by atoms with Crippen molar-refractivity contribution in [3.8, 4) is 11.3 Å². The SMILES string of the molecule is O=C(NCC(O)c1ccccc1F)c1cc(-c2ccccc2)n[nH]1. The first-order chi connectivity index (χ1) is 11.6. The number of aliphatic hydroxyl groups excluding tert-OH is 1. The van der Waals surface area contributed by atoms with Crippen LogP contribution >= 0.6 is 0 Å². The maximum atomic E-state index is 13.6. The molecule has 1 unspecified atom stereocenters. The molecule has 0 aliphatic carbocycles. The summed E-state index contributed by atoms with van der Waals surface area (Å²) < 4.78 is 13.6. The smallest absolute Gasteiger partial charge is 0.269 e. The molecule has 0 aliphatic rings. The minimum atomic E-state index is -1.12. The molecule has 1 atom stereocenters. The molecular formula is C18H16FN3O2. The summed E-state index contributed by atoms with van der Waals surface area (Å²) in [6.45, 7) is -0.0978. The Bertz CT molecular complexity index is 833. The van der Waals surface area contributed by atoms with E-state index in [1.807, 2.05) is 30.3 Å². The third kappa shape index (κ3) is 3.49. The van der Waals surface area contributed by atoms with Crippen molar-refractivity contribution >= 4 is 5.91 Å². The fourth-order valence-electron chi connectivity index (χ4n) is 2.33. The Kier molecular flexibility index (Phi) is 4.67. The summed E-state index contributed by atoms with van der Waals surface area (Å²) in [6, 6.07) is 17.0. The van der Waals surface area contributed by atoms with E-state index in [9.17, 15) is 14.3 Å². The number of aromatic amines is 1. The molecule has 3 rings (SSSR count). The van der Waals surface area contributed by atoms with E-state index in [0.717, 1.165) is 5.56 Å². The highest BCUT2D eigenvalue weighted by Crippen LogP contribution is 2.18. The summed E-state index contributed by atoms with van der Waals surface area (Å²) in [6.07, 6.45) is -1.12. The molecule has 0 spiro atoms. The van der Waals surface area contributed by atoms with Gasteiger partial charge in [0.25, 0.3) is 5.91 Å². The third-order valence-electron chi connectivity index (χ3n) is 3.61. The molecule has 122 valence electrons. The zero-order valence-corrected chi connectivity index (χ0v) is 12.7. The third-order valence-corrected chi connectivity index (χ3v) is 3.61. The standard InChI is InChI=1S/C18H16FN3O2/c19-14-9-5-4-8-13(14)17(23)11-20-18(24)16-10-15(21-22-16)12-6-2-1-3-7-12/h1-10,17,23H,11H2,(H,20,24)(H,21,22). The van der Waals surface area contributed by atoms with Crippen molar-refractivity contribution in [2.45, 2.75) is 6.10 Å². The first-order valence-corrected chi connectivity index (χ1v) is 7.46. The van der Waals surface area contributed by atoms with E-state index >= 15 is 0 Å². The molecule has 3 aromatic rings. The minimum absolute atomic E-state index is 0.0978. The molecular weight excluding hydrogens is 309 g/mol. The largest absolute Gasteiger partial charge is 0.386 e. The van der Waals surface area contributed by atoms with Crippen molar-refractivity contribution in [2.75, 3.05) is 6.54 Å². The number of hydrogen-bond donors (Lipinski definition) is 3. The molecule has 1 heterocycles. The fraction of sp³-hybridized carbons (Fsp3) is 0.111. The highest BCUT2D eigenvalue weighted by molar-refractivity contribution is 5.93. The summed E-state index contributed by atoms with van der Waals surface area (Å²) >= 11 is 0. The van der Waals surface area contributed by atoms with Gasteiger partial charge in [-0.2, -0.15) is 5.10 Å². The summed E-state index contributed by atoms with van der Waals surface area (Å²) in [5, 5.41) is 19.3. The molecule has 24 heavy (non-hydrogen) atoms. The van der Waals surface area contributed by atoms with Crippen molar-refractivity contribution in [3.63, 3.8) is 0 Å². The topological polar surface area (TPSA) is 78.0 Å². The lowest BCUT2D eigenvalue weighted by Gasteiger charge is -2.12. The quantitative estimate of drug-likeness (QED) is 0.675. The van der Waals surface area contributed by atoms with Crippen LogP contribution in [0.4, 0.5) is 4.39 Å². The van der Waals surface area contributed by atoms with Gasteiger partial charge >= 0.3 is 0 Å². The van der Waals surface area contributed by atoms with Crippen LogP contribution in [0, 0.1) is 5.82 Å². The second-order valence-corrected chi connectivity index (χ2v) is 5.28. The van der Waals surface area contributed by atoms with Gasteiger partial charge in [-0.1, -0.05) is 48.5 Å². The molecule has 2 aromatic carbocycles. The van der Waals surface area contributed by atoms with Crippen LogP contribution in [0.5, 0.6) is 0 Å². The Labute approximate surface area is 138 Å². The molecule has 0 saturated carbocycles. The van der Waals surface area contributed by atoms with E-state index in [1.165, 1.54) is 12.1 Å². The molecule has 5 nitrogen and oxygen atoms in total.